The first kappa shape index (κ1) is 14.0. The maximum Gasteiger partial charge on any atom is 0.123 e. The van der Waals surface area contributed by atoms with E-state index in [1.165, 1.54) is 31.7 Å². The third-order valence-electron chi connectivity index (χ3n) is 4.62. The Kier molecular flexibility index (Phi) is 4.37. The van der Waals surface area contributed by atoms with Crippen LogP contribution in [0.3, 0.4) is 0 Å². The zero-order valence-electron chi connectivity index (χ0n) is 12.3. The summed E-state index contributed by atoms with van der Waals surface area (Å²) in [5.41, 5.74) is 1.10. The number of rotatable bonds is 5. The van der Waals surface area contributed by atoms with Crippen LogP contribution in [0.5, 0.6) is 0 Å². The van der Waals surface area contributed by atoms with Crippen molar-refractivity contribution < 1.29 is 4.39 Å². The summed E-state index contributed by atoms with van der Waals surface area (Å²) in [5, 5.41) is 3.70. The Labute approximate surface area is 121 Å². The number of piperazine rings is 1. The second-order valence-corrected chi connectivity index (χ2v) is 6.36. The van der Waals surface area contributed by atoms with Crippen LogP contribution < -0.4 is 5.32 Å². The average Bonchev–Trinajstić information content (AvgIpc) is 3.24. The van der Waals surface area contributed by atoms with Gasteiger partial charge in [0, 0.05) is 31.7 Å². The van der Waals surface area contributed by atoms with Crippen LogP contribution >= 0.6 is 0 Å². The molecule has 2 unspecified atom stereocenters. The van der Waals surface area contributed by atoms with E-state index in [4.69, 9.17) is 0 Å². The molecule has 1 N–H and O–H groups in total. The minimum absolute atomic E-state index is 0.120. The number of nitrogens with one attached hydrogen (secondary N) is 1. The van der Waals surface area contributed by atoms with Crippen LogP contribution in [0.2, 0.25) is 0 Å². The lowest BCUT2D eigenvalue weighted by Crippen LogP contribution is -2.56. The highest BCUT2D eigenvalue weighted by Crippen LogP contribution is 2.37. The fourth-order valence-corrected chi connectivity index (χ4v) is 3.44. The minimum Gasteiger partial charge on any atom is -0.311 e. The normalized spacial score (nSPS) is 27.7. The van der Waals surface area contributed by atoms with Crippen LogP contribution in [0, 0.1) is 11.7 Å². The zero-order chi connectivity index (χ0) is 13.9. The molecule has 0 radical (unpaired) electrons. The highest BCUT2D eigenvalue weighted by Gasteiger charge is 2.38. The molecule has 1 aliphatic heterocycles. The fraction of sp³-hybridized carbons (Fsp3) is 0.647. The van der Waals surface area contributed by atoms with Gasteiger partial charge in [-0.2, -0.15) is 0 Å². The first-order chi connectivity index (χ1) is 9.76. The molecule has 0 aromatic heterocycles. The summed E-state index contributed by atoms with van der Waals surface area (Å²) in [6.07, 6.45) is 5.19. The molecule has 0 bridgehead atoms. The molecule has 1 aliphatic carbocycles. The lowest BCUT2D eigenvalue weighted by Gasteiger charge is -2.41. The van der Waals surface area contributed by atoms with Crippen LogP contribution in [0.1, 0.15) is 38.2 Å². The van der Waals surface area contributed by atoms with Crippen molar-refractivity contribution in [3.8, 4) is 0 Å². The molecule has 110 valence electrons. The lowest BCUT2D eigenvalue weighted by molar-refractivity contribution is 0.104. The standard InChI is InChI=1S/C17H25FN2/c1-2-4-16-12-20(17(10-19-16)14-7-8-14)11-13-5-3-6-15(18)9-13/h3,5-6,9,14,16-17,19H,2,4,7-8,10-12H2,1H3. The summed E-state index contributed by atoms with van der Waals surface area (Å²) < 4.78 is 13.4. The maximum absolute atomic E-state index is 13.4. The number of hydrogen-bond acceptors (Lipinski definition) is 2. The lowest BCUT2D eigenvalue weighted by atomic mass is 10.0. The van der Waals surface area contributed by atoms with E-state index < -0.39 is 0 Å². The van der Waals surface area contributed by atoms with Crippen molar-refractivity contribution in [2.24, 2.45) is 5.92 Å². The molecule has 1 aromatic carbocycles. The molecule has 2 atom stereocenters. The Morgan fingerprint density at radius 3 is 2.90 bits per heavy atom. The minimum atomic E-state index is -0.120. The van der Waals surface area contributed by atoms with Crippen molar-refractivity contribution >= 4 is 0 Å². The topological polar surface area (TPSA) is 15.3 Å². The maximum atomic E-state index is 13.4. The summed E-state index contributed by atoms with van der Waals surface area (Å²) in [5.74, 6) is 0.740. The molecule has 0 spiro atoms. The molecule has 3 heteroatoms. The van der Waals surface area contributed by atoms with E-state index >= 15 is 0 Å². The summed E-state index contributed by atoms with van der Waals surface area (Å²) in [7, 11) is 0. The van der Waals surface area contributed by atoms with E-state index in [1.807, 2.05) is 12.1 Å². The smallest absolute Gasteiger partial charge is 0.123 e. The van der Waals surface area contributed by atoms with Crippen LogP contribution in [0.4, 0.5) is 4.39 Å². The van der Waals surface area contributed by atoms with Crippen molar-refractivity contribution in [3.05, 3.63) is 35.6 Å². The van der Waals surface area contributed by atoms with Gasteiger partial charge < -0.3 is 5.32 Å². The Hall–Kier alpha value is -0.930. The summed E-state index contributed by atoms with van der Waals surface area (Å²) >= 11 is 0. The van der Waals surface area contributed by atoms with Gasteiger partial charge in [0.05, 0.1) is 0 Å². The van der Waals surface area contributed by atoms with Gasteiger partial charge in [0.15, 0.2) is 0 Å². The van der Waals surface area contributed by atoms with E-state index in [0.717, 1.165) is 31.1 Å². The molecule has 20 heavy (non-hydrogen) atoms. The Bertz CT molecular complexity index is 444. The predicted octanol–water partition coefficient (Wildman–Crippen LogP) is 3.18. The van der Waals surface area contributed by atoms with Gasteiger partial charge >= 0.3 is 0 Å². The third-order valence-corrected chi connectivity index (χ3v) is 4.62. The number of halogens is 1. The predicted molar refractivity (Wildman–Crippen MR) is 80.0 cm³/mol. The average molecular weight is 276 g/mol. The molecule has 3 rings (SSSR count). The van der Waals surface area contributed by atoms with E-state index in [-0.39, 0.29) is 5.82 Å². The summed E-state index contributed by atoms with van der Waals surface area (Å²) in [4.78, 5) is 2.59. The molecule has 1 aromatic rings. The van der Waals surface area contributed by atoms with Crippen molar-refractivity contribution in [2.75, 3.05) is 13.1 Å². The van der Waals surface area contributed by atoms with Gasteiger partial charge in [-0.15, -0.1) is 0 Å². The van der Waals surface area contributed by atoms with Gasteiger partial charge in [-0.05, 0) is 42.9 Å². The van der Waals surface area contributed by atoms with Gasteiger partial charge in [-0.25, -0.2) is 4.39 Å². The van der Waals surface area contributed by atoms with Crippen molar-refractivity contribution in [3.63, 3.8) is 0 Å². The second-order valence-electron chi connectivity index (χ2n) is 6.36. The van der Waals surface area contributed by atoms with Gasteiger partial charge in [0.1, 0.15) is 5.82 Å². The molecule has 0 amide bonds. The SMILES string of the molecule is CCCC1CN(Cc2cccc(F)c2)C(C2CC2)CN1. The van der Waals surface area contributed by atoms with E-state index in [0.29, 0.717) is 12.1 Å². The summed E-state index contributed by atoms with van der Waals surface area (Å²) in [6, 6.07) is 8.32. The van der Waals surface area contributed by atoms with E-state index in [2.05, 4.69) is 17.1 Å². The largest absolute Gasteiger partial charge is 0.311 e. The molecule has 2 nitrogen and oxygen atoms in total. The Morgan fingerprint density at radius 1 is 1.35 bits per heavy atom. The quantitative estimate of drug-likeness (QED) is 0.888. The Balaban J connectivity index is 1.68. The first-order valence-corrected chi connectivity index (χ1v) is 7.98. The molecule has 2 fully saturated rings. The molecule has 2 aliphatic rings. The van der Waals surface area contributed by atoms with Gasteiger partial charge in [-0.3, -0.25) is 4.90 Å². The number of benzene rings is 1. The van der Waals surface area contributed by atoms with Gasteiger partial charge in [-0.1, -0.05) is 25.5 Å². The van der Waals surface area contributed by atoms with Gasteiger partial charge in [0.25, 0.3) is 0 Å². The van der Waals surface area contributed by atoms with Crippen LogP contribution in [-0.4, -0.2) is 30.1 Å². The highest BCUT2D eigenvalue weighted by molar-refractivity contribution is 5.16. The van der Waals surface area contributed by atoms with Crippen molar-refractivity contribution in [1.29, 1.82) is 0 Å². The Morgan fingerprint density at radius 2 is 2.20 bits per heavy atom. The summed E-state index contributed by atoms with van der Waals surface area (Å²) in [6.45, 7) is 5.34. The molecule has 1 heterocycles. The third kappa shape index (κ3) is 3.39. The number of nitrogens with zero attached hydrogens (tertiary/aromatic N) is 1. The van der Waals surface area contributed by atoms with E-state index in [1.54, 1.807) is 6.07 Å². The number of hydrogen-bond donors (Lipinski definition) is 1. The monoisotopic (exact) mass is 276 g/mol. The molecular formula is C17H25FN2. The van der Waals surface area contributed by atoms with Crippen molar-refractivity contribution in [2.45, 2.75) is 51.2 Å². The second kappa shape index (κ2) is 6.23. The van der Waals surface area contributed by atoms with Gasteiger partial charge in [0.2, 0.25) is 0 Å². The molecule has 1 saturated heterocycles. The zero-order valence-corrected chi connectivity index (χ0v) is 12.3. The van der Waals surface area contributed by atoms with Crippen LogP contribution in [0.15, 0.2) is 24.3 Å². The van der Waals surface area contributed by atoms with Crippen molar-refractivity contribution in [1.82, 2.24) is 10.2 Å². The van der Waals surface area contributed by atoms with E-state index in [9.17, 15) is 4.39 Å². The van der Waals surface area contributed by atoms with Crippen LogP contribution in [-0.2, 0) is 6.54 Å². The first-order valence-electron chi connectivity index (χ1n) is 7.98. The highest BCUT2D eigenvalue weighted by atomic mass is 19.1. The molecule has 1 saturated carbocycles. The fourth-order valence-electron chi connectivity index (χ4n) is 3.44. The molecular weight excluding hydrogens is 251 g/mol. The van der Waals surface area contributed by atoms with Crippen LogP contribution in [0.25, 0.3) is 0 Å².